The lowest BCUT2D eigenvalue weighted by molar-refractivity contribution is -0.116. The summed E-state index contributed by atoms with van der Waals surface area (Å²) in [5, 5.41) is 14.2. The molecule has 0 fully saturated rings. The average Bonchev–Trinajstić information content (AvgIpc) is 3.33. The summed E-state index contributed by atoms with van der Waals surface area (Å²) >= 11 is 0. The van der Waals surface area contributed by atoms with E-state index in [1.807, 2.05) is 24.3 Å². The van der Waals surface area contributed by atoms with Crippen molar-refractivity contribution in [3.63, 3.8) is 0 Å². The van der Waals surface area contributed by atoms with Gasteiger partial charge in [-0.15, -0.1) is 0 Å². The van der Waals surface area contributed by atoms with E-state index in [2.05, 4.69) is 39.9 Å². The molecule has 2 amide bonds. The van der Waals surface area contributed by atoms with Crippen LogP contribution in [0.25, 0.3) is 11.1 Å². The Morgan fingerprint density at radius 1 is 1.06 bits per heavy atom. The van der Waals surface area contributed by atoms with Crippen molar-refractivity contribution in [2.45, 2.75) is 18.8 Å². The van der Waals surface area contributed by atoms with Gasteiger partial charge in [-0.25, -0.2) is 14.6 Å². The van der Waals surface area contributed by atoms with Crippen molar-refractivity contribution < 1.29 is 24.2 Å². The van der Waals surface area contributed by atoms with Gasteiger partial charge in [-0.05, 0) is 28.7 Å². The number of ether oxygens (including phenoxy) is 1. The molecule has 1 aliphatic rings. The number of aromatic nitrogens is 2. The number of carbonyl (C=O) groups is 3. The van der Waals surface area contributed by atoms with Crippen LogP contribution in [0.2, 0.25) is 0 Å². The van der Waals surface area contributed by atoms with Crippen LogP contribution in [0.15, 0.2) is 54.7 Å². The maximum Gasteiger partial charge on any atom is 0.407 e. The Morgan fingerprint density at radius 3 is 2.30 bits per heavy atom. The molecule has 0 unspecified atom stereocenters. The lowest BCUT2D eigenvalue weighted by Gasteiger charge is -2.14. The van der Waals surface area contributed by atoms with Gasteiger partial charge in [-0.1, -0.05) is 48.5 Å². The fraction of sp³-hybridized carbons (Fsp3) is 0.250. The van der Waals surface area contributed by atoms with Gasteiger partial charge in [0.1, 0.15) is 6.61 Å². The topological polar surface area (TPSA) is 123 Å². The van der Waals surface area contributed by atoms with Crippen molar-refractivity contribution in [1.29, 1.82) is 0 Å². The Hall–Kier alpha value is -4.14. The van der Waals surface area contributed by atoms with Crippen LogP contribution < -0.4 is 10.6 Å². The highest BCUT2D eigenvalue weighted by Crippen LogP contribution is 2.44. The minimum atomic E-state index is -1.18. The molecule has 0 saturated heterocycles. The number of carboxylic acids is 1. The van der Waals surface area contributed by atoms with Crippen molar-refractivity contribution in [2.24, 2.45) is 7.05 Å². The van der Waals surface area contributed by atoms with Crippen LogP contribution in [-0.4, -0.2) is 45.8 Å². The third kappa shape index (κ3) is 4.87. The smallest absolute Gasteiger partial charge is 0.407 e. The molecule has 4 rings (SSSR count). The Kier molecular flexibility index (Phi) is 6.39. The second kappa shape index (κ2) is 9.56. The highest BCUT2D eigenvalue weighted by atomic mass is 16.5. The van der Waals surface area contributed by atoms with Crippen molar-refractivity contribution in [3.05, 3.63) is 71.7 Å². The van der Waals surface area contributed by atoms with Crippen molar-refractivity contribution >= 4 is 23.8 Å². The van der Waals surface area contributed by atoms with Gasteiger partial charge in [0.15, 0.2) is 5.82 Å². The Bertz CT molecular complexity index is 1160. The highest BCUT2D eigenvalue weighted by Gasteiger charge is 2.28. The molecule has 170 valence electrons. The van der Waals surface area contributed by atoms with Crippen LogP contribution in [0.3, 0.4) is 0 Å². The lowest BCUT2D eigenvalue weighted by Crippen LogP contribution is -2.27. The standard InChI is InChI=1S/C24H24N4O5/c1-28-13-20(27-22(28)23(30)31)26-21(29)11-6-12-25-24(32)33-14-19-17-9-4-2-7-15(17)16-8-3-5-10-18(16)19/h2-5,7-10,13,19H,6,11-12,14H2,1H3,(H,25,32)(H,26,29)(H,30,31). The first kappa shape index (κ1) is 22.1. The van der Waals surface area contributed by atoms with E-state index in [-0.39, 0.29) is 43.0 Å². The zero-order chi connectivity index (χ0) is 23.4. The maximum absolute atomic E-state index is 12.2. The zero-order valence-electron chi connectivity index (χ0n) is 18.1. The molecule has 1 aromatic heterocycles. The van der Waals surface area contributed by atoms with E-state index in [0.29, 0.717) is 6.42 Å². The molecule has 33 heavy (non-hydrogen) atoms. The second-order valence-corrected chi connectivity index (χ2v) is 7.77. The summed E-state index contributed by atoms with van der Waals surface area (Å²) in [6, 6.07) is 16.2. The van der Waals surface area contributed by atoms with Gasteiger partial charge in [0.25, 0.3) is 0 Å². The number of alkyl carbamates (subject to hydrolysis) is 1. The van der Waals surface area contributed by atoms with Gasteiger partial charge < -0.3 is 25.0 Å². The van der Waals surface area contributed by atoms with Gasteiger partial charge in [0.05, 0.1) is 0 Å². The number of carbonyl (C=O) groups excluding carboxylic acids is 2. The largest absolute Gasteiger partial charge is 0.475 e. The molecule has 9 nitrogen and oxygen atoms in total. The molecule has 0 atom stereocenters. The minimum Gasteiger partial charge on any atom is -0.475 e. The van der Waals surface area contributed by atoms with Gasteiger partial charge in [0, 0.05) is 32.1 Å². The van der Waals surface area contributed by atoms with Crippen LogP contribution in [0.5, 0.6) is 0 Å². The number of fused-ring (bicyclic) bond motifs is 3. The monoisotopic (exact) mass is 448 g/mol. The van der Waals surface area contributed by atoms with E-state index in [1.54, 1.807) is 0 Å². The summed E-state index contributed by atoms with van der Waals surface area (Å²) in [6.07, 6.45) is 1.43. The fourth-order valence-electron chi connectivity index (χ4n) is 4.02. The molecule has 1 heterocycles. The lowest BCUT2D eigenvalue weighted by atomic mass is 9.98. The van der Waals surface area contributed by atoms with Crippen LogP contribution in [0.1, 0.15) is 40.5 Å². The first-order valence-electron chi connectivity index (χ1n) is 10.6. The number of hydrogen-bond donors (Lipinski definition) is 3. The molecule has 3 N–H and O–H groups in total. The number of nitrogens with zero attached hydrogens (tertiary/aromatic N) is 2. The number of aromatic carboxylic acids is 1. The van der Waals surface area contributed by atoms with Crippen molar-refractivity contribution in [3.8, 4) is 11.1 Å². The predicted molar refractivity (Wildman–Crippen MR) is 121 cm³/mol. The second-order valence-electron chi connectivity index (χ2n) is 7.77. The normalized spacial score (nSPS) is 12.0. The first-order chi connectivity index (χ1) is 15.9. The number of hydrogen-bond acceptors (Lipinski definition) is 5. The summed E-state index contributed by atoms with van der Waals surface area (Å²) in [6.45, 7) is 0.499. The summed E-state index contributed by atoms with van der Waals surface area (Å²) in [5.41, 5.74) is 4.61. The molecule has 0 saturated carbocycles. The number of carboxylic acid groups (broad SMARTS) is 1. The third-order valence-corrected chi connectivity index (χ3v) is 5.53. The Morgan fingerprint density at radius 2 is 1.70 bits per heavy atom. The van der Waals surface area contributed by atoms with Crippen molar-refractivity contribution in [1.82, 2.24) is 14.9 Å². The molecule has 0 aliphatic heterocycles. The number of aryl methyl sites for hydroxylation is 1. The number of anilines is 1. The van der Waals surface area contributed by atoms with Crippen LogP contribution in [-0.2, 0) is 16.6 Å². The number of rotatable bonds is 8. The van der Waals surface area contributed by atoms with Crippen molar-refractivity contribution in [2.75, 3.05) is 18.5 Å². The van der Waals surface area contributed by atoms with Gasteiger partial charge in [0.2, 0.25) is 11.7 Å². The minimum absolute atomic E-state index is 0.0111. The van der Waals surface area contributed by atoms with Gasteiger partial charge >= 0.3 is 12.1 Å². The molecular weight excluding hydrogens is 424 g/mol. The summed E-state index contributed by atoms with van der Waals surface area (Å²) in [4.78, 5) is 39.0. The highest BCUT2D eigenvalue weighted by molar-refractivity contribution is 5.91. The Balaban J connectivity index is 1.21. The molecule has 3 aromatic rings. The van der Waals surface area contributed by atoms with Crippen LogP contribution in [0, 0.1) is 0 Å². The fourth-order valence-corrected chi connectivity index (χ4v) is 4.02. The molecule has 1 aliphatic carbocycles. The van der Waals surface area contributed by atoms with Gasteiger partial charge in [-0.3, -0.25) is 4.79 Å². The molecule has 9 heteroatoms. The predicted octanol–water partition coefficient (Wildman–Crippen LogP) is 3.38. The maximum atomic E-state index is 12.2. The SMILES string of the molecule is Cn1cc(NC(=O)CCCNC(=O)OCC2c3ccccc3-c3ccccc32)nc1C(=O)O. The summed E-state index contributed by atoms with van der Waals surface area (Å²) < 4.78 is 6.78. The number of nitrogens with one attached hydrogen (secondary N) is 2. The quantitative estimate of drug-likeness (QED) is 0.454. The van der Waals surface area contributed by atoms with E-state index < -0.39 is 12.1 Å². The van der Waals surface area contributed by atoms with Crippen LogP contribution >= 0.6 is 0 Å². The van der Waals surface area contributed by atoms with Gasteiger partial charge in [-0.2, -0.15) is 0 Å². The summed E-state index contributed by atoms with van der Waals surface area (Å²) in [7, 11) is 1.53. The Labute approximate surface area is 190 Å². The molecular formula is C24H24N4O5. The van der Waals surface area contributed by atoms with E-state index >= 15 is 0 Å². The molecule has 0 radical (unpaired) electrons. The molecule has 2 aromatic carbocycles. The van der Waals surface area contributed by atoms with E-state index in [4.69, 9.17) is 9.84 Å². The average molecular weight is 448 g/mol. The number of imidazole rings is 1. The summed E-state index contributed by atoms with van der Waals surface area (Å²) in [5.74, 6) is -1.50. The number of amides is 2. The zero-order valence-corrected chi connectivity index (χ0v) is 18.1. The molecule has 0 bridgehead atoms. The molecule has 0 spiro atoms. The first-order valence-corrected chi connectivity index (χ1v) is 10.6. The van der Waals surface area contributed by atoms with E-state index in [0.717, 1.165) is 22.3 Å². The van der Waals surface area contributed by atoms with Crippen LogP contribution in [0.4, 0.5) is 10.6 Å². The third-order valence-electron chi connectivity index (χ3n) is 5.53. The van der Waals surface area contributed by atoms with E-state index in [9.17, 15) is 14.4 Å². The van der Waals surface area contributed by atoms with E-state index in [1.165, 1.54) is 17.8 Å². The number of benzene rings is 2.